The number of esters is 1. The molecule has 0 fully saturated rings. The van der Waals surface area contributed by atoms with Crippen molar-refractivity contribution in [2.24, 2.45) is 7.05 Å². The first-order valence-corrected chi connectivity index (χ1v) is 9.68. The van der Waals surface area contributed by atoms with E-state index in [9.17, 15) is 14.4 Å². The predicted octanol–water partition coefficient (Wildman–Crippen LogP) is 1.63. The standard InChI is InChI=1S/C21H23N5O4/c1-6-30-16(27)11-24-19(28)17-18(23(5)21(24)29)22-20-25(13(3)14(4)26(17)20)15-9-7-8-12(2)10-15/h7-10H,6,11H2,1-5H3. The van der Waals surface area contributed by atoms with Crippen molar-refractivity contribution in [3.63, 3.8) is 0 Å². The van der Waals surface area contributed by atoms with Crippen LogP contribution in [0.5, 0.6) is 0 Å². The molecule has 0 atom stereocenters. The van der Waals surface area contributed by atoms with Crippen molar-refractivity contribution in [1.82, 2.24) is 23.1 Å². The van der Waals surface area contributed by atoms with Crippen molar-refractivity contribution in [1.29, 1.82) is 0 Å². The van der Waals surface area contributed by atoms with E-state index >= 15 is 0 Å². The average molecular weight is 409 g/mol. The predicted molar refractivity (Wildman–Crippen MR) is 112 cm³/mol. The van der Waals surface area contributed by atoms with E-state index in [2.05, 4.69) is 4.98 Å². The molecule has 3 heterocycles. The Morgan fingerprint density at radius 3 is 2.53 bits per heavy atom. The third-order valence-corrected chi connectivity index (χ3v) is 5.37. The molecule has 0 unspecified atom stereocenters. The van der Waals surface area contributed by atoms with Crippen LogP contribution < -0.4 is 11.2 Å². The van der Waals surface area contributed by atoms with Gasteiger partial charge in [0.15, 0.2) is 11.2 Å². The Labute approximate surface area is 171 Å². The largest absolute Gasteiger partial charge is 0.465 e. The lowest BCUT2D eigenvalue weighted by Crippen LogP contribution is -2.41. The second-order valence-electron chi connectivity index (χ2n) is 7.30. The zero-order valence-corrected chi connectivity index (χ0v) is 17.6. The van der Waals surface area contributed by atoms with E-state index in [1.54, 1.807) is 11.3 Å². The van der Waals surface area contributed by atoms with Crippen molar-refractivity contribution >= 4 is 22.9 Å². The molecule has 0 saturated heterocycles. The van der Waals surface area contributed by atoms with Gasteiger partial charge < -0.3 is 4.74 Å². The SMILES string of the molecule is CCOC(=O)Cn1c(=O)c2c(nc3n(-c4cccc(C)c4)c(C)c(C)n23)n(C)c1=O. The van der Waals surface area contributed by atoms with Gasteiger partial charge in [-0.2, -0.15) is 4.98 Å². The molecule has 3 aromatic heterocycles. The number of ether oxygens (including phenoxy) is 1. The highest BCUT2D eigenvalue weighted by Gasteiger charge is 2.24. The summed E-state index contributed by atoms with van der Waals surface area (Å²) in [5.41, 5.74) is 3.10. The number of hydrogen-bond acceptors (Lipinski definition) is 5. The molecule has 0 aliphatic heterocycles. The number of imidazole rings is 2. The minimum atomic E-state index is -0.637. The summed E-state index contributed by atoms with van der Waals surface area (Å²) in [5.74, 6) is -0.103. The Balaban J connectivity index is 2.09. The van der Waals surface area contributed by atoms with Crippen molar-refractivity contribution < 1.29 is 9.53 Å². The number of nitrogens with zero attached hydrogens (tertiary/aromatic N) is 5. The zero-order valence-electron chi connectivity index (χ0n) is 17.6. The van der Waals surface area contributed by atoms with Gasteiger partial charge in [0, 0.05) is 24.1 Å². The fourth-order valence-electron chi connectivity index (χ4n) is 3.80. The van der Waals surface area contributed by atoms with E-state index < -0.39 is 23.8 Å². The maximum atomic E-state index is 13.3. The van der Waals surface area contributed by atoms with Gasteiger partial charge in [0.05, 0.1) is 6.61 Å². The van der Waals surface area contributed by atoms with Gasteiger partial charge in [-0.3, -0.25) is 23.1 Å². The van der Waals surface area contributed by atoms with Gasteiger partial charge >= 0.3 is 11.7 Å². The molecule has 0 aliphatic rings. The van der Waals surface area contributed by atoms with Crippen LogP contribution >= 0.6 is 0 Å². The summed E-state index contributed by atoms with van der Waals surface area (Å²) < 4.78 is 10.8. The summed E-state index contributed by atoms with van der Waals surface area (Å²) in [6.07, 6.45) is 0. The Morgan fingerprint density at radius 2 is 1.87 bits per heavy atom. The van der Waals surface area contributed by atoms with Crippen molar-refractivity contribution in [2.45, 2.75) is 34.2 Å². The number of rotatable bonds is 4. The highest BCUT2D eigenvalue weighted by molar-refractivity contribution is 5.78. The van der Waals surface area contributed by atoms with Gasteiger partial charge in [-0.15, -0.1) is 0 Å². The first kappa shape index (κ1) is 19.7. The topological polar surface area (TPSA) is 92.5 Å². The van der Waals surface area contributed by atoms with Gasteiger partial charge in [-0.05, 0) is 45.4 Å². The van der Waals surface area contributed by atoms with Crippen molar-refractivity contribution in [2.75, 3.05) is 6.61 Å². The molecule has 9 heteroatoms. The highest BCUT2D eigenvalue weighted by Crippen LogP contribution is 2.24. The van der Waals surface area contributed by atoms with Gasteiger partial charge in [-0.1, -0.05) is 12.1 Å². The van der Waals surface area contributed by atoms with Gasteiger partial charge in [0.1, 0.15) is 6.54 Å². The molecule has 0 saturated carbocycles. The molecule has 0 spiro atoms. The third-order valence-electron chi connectivity index (χ3n) is 5.37. The fourth-order valence-corrected chi connectivity index (χ4v) is 3.80. The quantitative estimate of drug-likeness (QED) is 0.478. The normalized spacial score (nSPS) is 11.5. The maximum Gasteiger partial charge on any atom is 0.333 e. The number of aromatic nitrogens is 5. The van der Waals surface area contributed by atoms with E-state index in [-0.39, 0.29) is 17.8 Å². The molecule has 4 rings (SSSR count). The molecule has 0 radical (unpaired) electrons. The molecule has 0 amide bonds. The smallest absolute Gasteiger partial charge is 0.333 e. The van der Waals surface area contributed by atoms with Crippen LogP contribution in [-0.2, 0) is 23.1 Å². The van der Waals surface area contributed by atoms with Crippen LogP contribution in [0, 0.1) is 20.8 Å². The monoisotopic (exact) mass is 409 g/mol. The minimum absolute atomic E-state index is 0.171. The zero-order chi connectivity index (χ0) is 21.7. The van der Waals surface area contributed by atoms with Crippen LogP contribution in [0.1, 0.15) is 23.9 Å². The maximum absolute atomic E-state index is 13.3. The van der Waals surface area contributed by atoms with E-state index in [0.29, 0.717) is 5.78 Å². The Kier molecular flexibility index (Phi) is 4.60. The summed E-state index contributed by atoms with van der Waals surface area (Å²) in [6, 6.07) is 7.97. The Morgan fingerprint density at radius 1 is 1.13 bits per heavy atom. The lowest BCUT2D eigenvalue weighted by Gasteiger charge is -2.08. The fraction of sp³-hybridized carbons (Fsp3) is 0.333. The van der Waals surface area contributed by atoms with Crippen LogP contribution in [0.3, 0.4) is 0 Å². The van der Waals surface area contributed by atoms with E-state index in [0.717, 1.165) is 27.2 Å². The highest BCUT2D eigenvalue weighted by atomic mass is 16.5. The first-order valence-electron chi connectivity index (χ1n) is 9.68. The molecule has 0 N–H and O–H groups in total. The van der Waals surface area contributed by atoms with Crippen LogP contribution in [0.15, 0.2) is 33.9 Å². The lowest BCUT2D eigenvalue weighted by molar-refractivity contribution is -0.143. The van der Waals surface area contributed by atoms with E-state index in [1.165, 1.54) is 11.6 Å². The minimum Gasteiger partial charge on any atom is -0.465 e. The molecule has 0 aliphatic carbocycles. The molecule has 0 bridgehead atoms. The number of hydrogen-bond donors (Lipinski definition) is 0. The van der Waals surface area contributed by atoms with E-state index in [1.807, 2.05) is 49.6 Å². The summed E-state index contributed by atoms with van der Waals surface area (Å²) in [4.78, 5) is 42.6. The Hall–Kier alpha value is -3.62. The summed E-state index contributed by atoms with van der Waals surface area (Å²) >= 11 is 0. The second kappa shape index (κ2) is 7.01. The molecule has 30 heavy (non-hydrogen) atoms. The van der Waals surface area contributed by atoms with Crippen molar-refractivity contribution in [3.05, 3.63) is 62.1 Å². The molecule has 156 valence electrons. The number of carbonyl (C=O) groups excluding carboxylic acids is 1. The van der Waals surface area contributed by atoms with Gasteiger partial charge in [0.2, 0.25) is 5.78 Å². The molecule has 4 aromatic rings. The number of fused-ring (bicyclic) bond motifs is 3. The molecular weight excluding hydrogens is 386 g/mol. The van der Waals surface area contributed by atoms with Crippen LogP contribution in [-0.4, -0.2) is 35.7 Å². The Bertz CT molecular complexity index is 1430. The second-order valence-corrected chi connectivity index (χ2v) is 7.30. The molecule has 1 aromatic carbocycles. The first-order chi connectivity index (χ1) is 14.3. The van der Waals surface area contributed by atoms with Gasteiger partial charge in [-0.25, -0.2) is 9.36 Å². The number of carbonyl (C=O) groups is 1. The summed E-state index contributed by atoms with van der Waals surface area (Å²) in [6.45, 7) is 7.26. The number of benzene rings is 1. The average Bonchev–Trinajstić information content (AvgIpc) is 3.19. The summed E-state index contributed by atoms with van der Waals surface area (Å²) in [7, 11) is 1.54. The van der Waals surface area contributed by atoms with Crippen LogP contribution in [0.25, 0.3) is 22.6 Å². The van der Waals surface area contributed by atoms with Crippen LogP contribution in [0.4, 0.5) is 0 Å². The van der Waals surface area contributed by atoms with Crippen LogP contribution in [0.2, 0.25) is 0 Å². The molecule has 9 nitrogen and oxygen atoms in total. The van der Waals surface area contributed by atoms with E-state index in [4.69, 9.17) is 4.74 Å². The van der Waals surface area contributed by atoms with Crippen molar-refractivity contribution in [3.8, 4) is 5.69 Å². The number of aryl methyl sites for hydroxylation is 3. The lowest BCUT2D eigenvalue weighted by atomic mass is 10.2. The van der Waals surface area contributed by atoms with Gasteiger partial charge in [0.25, 0.3) is 5.56 Å². The third kappa shape index (κ3) is 2.77. The summed E-state index contributed by atoms with van der Waals surface area (Å²) in [5, 5.41) is 0. The molecular formula is C21H23N5O4.